The van der Waals surface area contributed by atoms with Gasteiger partial charge in [0.2, 0.25) is 0 Å². The predicted molar refractivity (Wildman–Crippen MR) is 120 cm³/mol. The second-order valence-electron chi connectivity index (χ2n) is 7.68. The average Bonchev–Trinajstić information content (AvgIpc) is 3.44. The number of aromatic nitrogens is 2. The predicted octanol–water partition coefficient (Wildman–Crippen LogP) is 6.29. The van der Waals surface area contributed by atoms with E-state index in [9.17, 15) is 4.79 Å². The minimum atomic E-state index is 0.0717. The Labute approximate surface area is 181 Å². The molecule has 0 radical (unpaired) electrons. The minimum Gasteiger partial charge on any atom is -0.337 e. The van der Waals surface area contributed by atoms with Crippen LogP contribution in [0.4, 0.5) is 0 Å². The quantitative estimate of drug-likeness (QED) is 0.442. The zero-order valence-electron chi connectivity index (χ0n) is 16.8. The number of rotatable bonds is 7. The molecule has 1 aliphatic rings. The van der Waals surface area contributed by atoms with E-state index in [1.165, 1.54) is 12.8 Å². The Bertz CT molecular complexity index is 1060. The van der Waals surface area contributed by atoms with Crippen molar-refractivity contribution < 1.29 is 4.79 Å². The van der Waals surface area contributed by atoms with Crippen LogP contribution in [-0.2, 0) is 6.54 Å². The van der Waals surface area contributed by atoms with Crippen LogP contribution in [0.2, 0.25) is 10.0 Å². The Hall–Kier alpha value is -2.04. The molecule has 152 valence electrons. The largest absolute Gasteiger partial charge is 0.337 e. The Morgan fingerprint density at radius 1 is 1.17 bits per heavy atom. The van der Waals surface area contributed by atoms with Crippen LogP contribution in [0.3, 0.4) is 0 Å². The van der Waals surface area contributed by atoms with E-state index >= 15 is 0 Å². The van der Waals surface area contributed by atoms with E-state index in [0.717, 1.165) is 41.5 Å². The molecule has 29 heavy (non-hydrogen) atoms. The number of carbonyl (C=O) groups excluding carboxylic acids is 1. The number of nitrogens with zero attached hydrogens (tertiary/aromatic N) is 3. The standard InChI is InChI=1S/C23H25Cl2N3O/c1-3-12-27(14-15-8-9-15)23(29)22-19-7-5-6-18(21(19)26-28(22)4-2)17-11-10-16(24)13-20(17)25/h5-7,10-11,13,15H,3-4,8-9,12,14H2,1-2H3. The Balaban J connectivity index is 1.83. The first-order valence-electron chi connectivity index (χ1n) is 10.3. The summed E-state index contributed by atoms with van der Waals surface area (Å²) in [6.45, 7) is 6.37. The molecular formula is C23H25Cl2N3O. The van der Waals surface area contributed by atoms with Crippen LogP contribution in [0.15, 0.2) is 36.4 Å². The molecule has 2 aromatic carbocycles. The maximum Gasteiger partial charge on any atom is 0.272 e. The van der Waals surface area contributed by atoms with Gasteiger partial charge in [0.1, 0.15) is 11.2 Å². The number of amides is 1. The summed E-state index contributed by atoms with van der Waals surface area (Å²) in [5, 5.41) is 6.85. The molecule has 1 saturated carbocycles. The van der Waals surface area contributed by atoms with Gasteiger partial charge in [-0.2, -0.15) is 5.10 Å². The lowest BCUT2D eigenvalue weighted by atomic mass is 10.0. The van der Waals surface area contributed by atoms with Gasteiger partial charge < -0.3 is 4.90 Å². The van der Waals surface area contributed by atoms with Crippen LogP contribution in [-0.4, -0.2) is 33.7 Å². The maximum absolute atomic E-state index is 13.5. The van der Waals surface area contributed by atoms with Crippen molar-refractivity contribution >= 4 is 40.0 Å². The second kappa shape index (κ2) is 8.37. The van der Waals surface area contributed by atoms with Gasteiger partial charge in [0.05, 0.1) is 0 Å². The lowest BCUT2D eigenvalue weighted by molar-refractivity contribution is 0.0737. The van der Waals surface area contributed by atoms with E-state index in [1.54, 1.807) is 6.07 Å². The van der Waals surface area contributed by atoms with Crippen molar-refractivity contribution in [2.45, 2.75) is 39.7 Å². The second-order valence-corrected chi connectivity index (χ2v) is 8.53. The summed E-state index contributed by atoms with van der Waals surface area (Å²) in [7, 11) is 0. The highest BCUT2D eigenvalue weighted by atomic mass is 35.5. The summed E-state index contributed by atoms with van der Waals surface area (Å²) < 4.78 is 1.83. The minimum absolute atomic E-state index is 0.0717. The van der Waals surface area contributed by atoms with Crippen LogP contribution < -0.4 is 0 Å². The Kier molecular flexibility index (Phi) is 5.84. The normalized spacial score (nSPS) is 13.8. The van der Waals surface area contributed by atoms with Crippen LogP contribution >= 0.6 is 23.2 Å². The number of carbonyl (C=O) groups is 1. The number of hydrogen-bond donors (Lipinski definition) is 0. The molecule has 3 aromatic rings. The smallest absolute Gasteiger partial charge is 0.272 e. The van der Waals surface area contributed by atoms with Crippen molar-refractivity contribution in [3.05, 3.63) is 52.1 Å². The summed E-state index contributed by atoms with van der Waals surface area (Å²) in [6.07, 6.45) is 3.39. The summed E-state index contributed by atoms with van der Waals surface area (Å²) >= 11 is 12.5. The van der Waals surface area contributed by atoms with E-state index in [4.69, 9.17) is 28.3 Å². The van der Waals surface area contributed by atoms with E-state index in [2.05, 4.69) is 6.92 Å². The van der Waals surface area contributed by atoms with Gasteiger partial charge in [0.25, 0.3) is 5.91 Å². The number of benzene rings is 2. The molecule has 1 aliphatic carbocycles. The molecule has 0 aliphatic heterocycles. The van der Waals surface area contributed by atoms with Crippen molar-refractivity contribution in [2.24, 2.45) is 5.92 Å². The fourth-order valence-electron chi connectivity index (χ4n) is 3.84. The maximum atomic E-state index is 13.5. The Morgan fingerprint density at radius 3 is 2.62 bits per heavy atom. The molecule has 4 nitrogen and oxygen atoms in total. The number of halogens is 2. The van der Waals surface area contributed by atoms with Gasteiger partial charge >= 0.3 is 0 Å². The van der Waals surface area contributed by atoms with Crippen molar-refractivity contribution in [3.8, 4) is 11.1 Å². The van der Waals surface area contributed by atoms with Crippen LogP contribution in [0.1, 0.15) is 43.6 Å². The number of hydrogen-bond acceptors (Lipinski definition) is 2. The topological polar surface area (TPSA) is 38.1 Å². The van der Waals surface area contributed by atoms with Crippen molar-refractivity contribution in [2.75, 3.05) is 13.1 Å². The molecule has 0 N–H and O–H groups in total. The molecular weight excluding hydrogens is 405 g/mol. The van der Waals surface area contributed by atoms with Gasteiger partial charge in [-0.05, 0) is 44.2 Å². The molecule has 0 saturated heterocycles. The first-order valence-corrected chi connectivity index (χ1v) is 11.0. The zero-order chi connectivity index (χ0) is 20.5. The van der Waals surface area contributed by atoms with Crippen molar-refractivity contribution in [3.63, 3.8) is 0 Å². The first kappa shape index (κ1) is 20.2. The molecule has 0 atom stereocenters. The molecule has 0 unspecified atom stereocenters. The van der Waals surface area contributed by atoms with E-state index in [0.29, 0.717) is 28.2 Å². The van der Waals surface area contributed by atoms with Gasteiger partial charge in [-0.25, -0.2) is 0 Å². The van der Waals surface area contributed by atoms with Gasteiger partial charge in [-0.15, -0.1) is 0 Å². The number of fused-ring (bicyclic) bond motifs is 1. The van der Waals surface area contributed by atoms with Gasteiger partial charge in [0.15, 0.2) is 0 Å². The molecule has 1 fully saturated rings. The monoisotopic (exact) mass is 429 g/mol. The van der Waals surface area contributed by atoms with Crippen LogP contribution in [0.25, 0.3) is 22.0 Å². The van der Waals surface area contributed by atoms with Crippen molar-refractivity contribution in [1.29, 1.82) is 0 Å². The van der Waals surface area contributed by atoms with Crippen LogP contribution in [0, 0.1) is 5.92 Å². The van der Waals surface area contributed by atoms with E-state index < -0.39 is 0 Å². The summed E-state index contributed by atoms with van der Waals surface area (Å²) in [6, 6.07) is 11.4. The van der Waals surface area contributed by atoms with Gasteiger partial charge in [-0.3, -0.25) is 9.48 Å². The third kappa shape index (κ3) is 4.01. The first-order chi connectivity index (χ1) is 14.0. The lowest BCUT2D eigenvalue weighted by Gasteiger charge is -2.22. The molecule has 1 heterocycles. The SMILES string of the molecule is CCCN(CC1CC1)C(=O)c1c2cccc(-c3ccc(Cl)cc3Cl)c2nn1CC. The summed E-state index contributed by atoms with van der Waals surface area (Å²) in [5.74, 6) is 0.723. The molecule has 0 spiro atoms. The van der Waals surface area contributed by atoms with E-state index in [1.807, 2.05) is 46.8 Å². The third-order valence-electron chi connectivity index (χ3n) is 5.45. The van der Waals surface area contributed by atoms with E-state index in [-0.39, 0.29) is 5.91 Å². The summed E-state index contributed by atoms with van der Waals surface area (Å²) in [5.41, 5.74) is 3.24. The highest BCUT2D eigenvalue weighted by Gasteiger charge is 2.30. The fraction of sp³-hybridized carbons (Fsp3) is 0.391. The fourth-order valence-corrected chi connectivity index (χ4v) is 4.35. The Morgan fingerprint density at radius 2 is 1.97 bits per heavy atom. The van der Waals surface area contributed by atoms with Gasteiger partial charge in [0, 0.05) is 46.2 Å². The number of aryl methyl sites for hydroxylation is 1. The zero-order valence-corrected chi connectivity index (χ0v) is 18.3. The van der Waals surface area contributed by atoms with Crippen LogP contribution in [0.5, 0.6) is 0 Å². The molecule has 0 bridgehead atoms. The third-order valence-corrected chi connectivity index (χ3v) is 6.00. The highest BCUT2D eigenvalue weighted by molar-refractivity contribution is 6.36. The average molecular weight is 430 g/mol. The molecule has 6 heteroatoms. The molecule has 1 amide bonds. The van der Waals surface area contributed by atoms with Gasteiger partial charge in [-0.1, -0.05) is 54.4 Å². The summed E-state index contributed by atoms with van der Waals surface area (Å²) in [4.78, 5) is 15.5. The molecule has 1 aromatic heterocycles. The highest BCUT2D eigenvalue weighted by Crippen LogP contribution is 2.36. The molecule has 4 rings (SSSR count). The lowest BCUT2D eigenvalue weighted by Crippen LogP contribution is -2.35. The van der Waals surface area contributed by atoms with Crippen molar-refractivity contribution in [1.82, 2.24) is 14.7 Å².